The minimum atomic E-state index is 0.657. The Bertz CT molecular complexity index is 283. The van der Waals surface area contributed by atoms with Crippen molar-refractivity contribution < 1.29 is 4.74 Å². The van der Waals surface area contributed by atoms with Gasteiger partial charge in [-0.15, -0.1) is 11.3 Å². The van der Waals surface area contributed by atoms with E-state index in [0.29, 0.717) is 6.61 Å². The number of rotatable bonds is 6. The molecule has 1 saturated carbocycles. The van der Waals surface area contributed by atoms with E-state index < -0.39 is 0 Å². The third kappa shape index (κ3) is 3.04. The molecule has 1 aliphatic rings. The van der Waals surface area contributed by atoms with Gasteiger partial charge in [-0.1, -0.05) is 0 Å². The minimum absolute atomic E-state index is 0.657. The van der Waals surface area contributed by atoms with Crippen molar-refractivity contribution in [3.63, 3.8) is 0 Å². The van der Waals surface area contributed by atoms with Crippen molar-refractivity contribution in [3.8, 4) is 0 Å². The van der Waals surface area contributed by atoms with Crippen LogP contribution >= 0.6 is 11.3 Å². The fraction of sp³-hybridized carbons (Fsp3) is 0.700. The van der Waals surface area contributed by atoms with Crippen molar-refractivity contribution in [2.45, 2.75) is 39.0 Å². The fourth-order valence-electron chi connectivity index (χ4n) is 1.22. The number of nitrogens with one attached hydrogen (secondary N) is 1. The molecule has 1 N–H and O–H groups in total. The molecule has 0 amide bonds. The average molecular weight is 212 g/mol. The summed E-state index contributed by atoms with van der Waals surface area (Å²) in [4.78, 5) is 5.62. The van der Waals surface area contributed by atoms with Gasteiger partial charge in [0.15, 0.2) is 0 Å². The first-order chi connectivity index (χ1) is 6.88. The molecule has 3 nitrogen and oxygen atoms in total. The molecule has 1 aromatic rings. The second-order valence-corrected chi connectivity index (χ2v) is 4.71. The zero-order valence-electron chi connectivity index (χ0n) is 8.45. The Morgan fingerprint density at radius 2 is 2.50 bits per heavy atom. The molecule has 0 radical (unpaired) electrons. The van der Waals surface area contributed by atoms with Crippen LogP contribution in [-0.4, -0.2) is 17.6 Å². The lowest BCUT2D eigenvalue weighted by atomic mass is 10.5. The molecule has 0 aliphatic heterocycles. The number of thiazole rings is 1. The molecule has 1 fully saturated rings. The SMILES string of the molecule is CCOCc1ncc(CNC2CC2)s1. The quantitative estimate of drug-likeness (QED) is 0.782. The van der Waals surface area contributed by atoms with E-state index in [1.165, 1.54) is 17.7 Å². The van der Waals surface area contributed by atoms with Crippen LogP contribution in [0.25, 0.3) is 0 Å². The lowest BCUT2D eigenvalue weighted by Gasteiger charge is -1.97. The molecule has 2 rings (SSSR count). The summed E-state index contributed by atoms with van der Waals surface area (Å²) in [5, 5.41) is 4.55. The monoisotopic (exact) mass is 212 g/mol. The van der Waals surface area contributed by atoms with Crippen molar-refractivity contribution in [3.05, 3.63) is 16.1 Å². The molecule has 14 heavy (non-hydrogen) atoms. The lowest BCUT2D eigenvalue weighted by molar-refractivity contribution is 0.134. The van der Waals surface area contributed by atoms with Gasteiger partial charge < -0.3 is 10.1 Å². The van der Waals surface area contributed by atoms with Crippen molar-refractivity contribution in [1.29, 1.82) is 0 Å². The summed E-state index contributed by atoms with van der Waals surface area (Å²) in [5.74, 6) is 0. The highest BCUT2D eigenvalue weighted by Crippen LogP contribution is 2.20. The van der Waals surface area contributed by atoms with Gasteiger partial charge in [0.1, 0.15) is 5.01 Å². The molecule has 1 aliphatic carbocycles. The Morgan fingerprint density at radius 1 is 1.64 bits per heavy atom. The maximum atomic E-state index is 5.30. The lowest BCUT2D eigenvalue weighted by Crippen LogP contribution is -2.14. The maximum Gasteiger partial charge on any atom is 0.119 e. The first kappa shape index (κ1) is 10.1. The molecule has 1 aromatic heterocycles. The molecule has 0 spiro atoms. The van der Waals surface area contributed by atoms with E-state index in [4.69, 9.17) is 4.74 Å². The van der Waals surface area contributed by atoms with Crippen LogP contribution in [0, 0.1) is 0 Å². The first-order valence-corrected chi connectivity index (χ1v) is 5.95. The van der Waals surface area contributed by atoms with Crippen LogP contribution in [0.2, 0.25) is 0 Å². The normalized spacial score (nSPS) is 16.1. The van der Waals surface area contributed by atoms with E-state index in [0.717, 1.165) is 24.2 Å². The number of ether oxygens (including phenoxy) is 1. The molecule has 0 aromatic carbocycles. The number of aromatic nitrogens is 1. The molecule has 0 atom stereocenters. The van der Waals surface area contributed by atoms with Gasteiger partial charge in [-0.05, 0) is 19.8 Å². The van der Waals surface area contributed by atoms with Gasteiger partial charge in [-0.3, -0.25) is 0 Å². The van der Waals surface area contributed by atoms with E-state index >= 15 is 0 Å². The predicted molar refractivity (Wildman–Crippen MR) is 57.3 cm³/mol. The average Bonchev–Trinajstić information content (AvgIpc) is 2.92. The van der Waals surface area contributed by atoms with Crippen LogP contribution in [-0.2, 0) is 17.9 Å². The summed E-state index contributed by atoms with van der Waals surface area (Å²) in [7, 11) is 0. The Labute approximate surface area is 88.5 Å². The highest BCUT2D eigenvalue weighted by molar-refractivity contribution is 7.11. The summed E-state index contributed by atoms with van der Waals surface area (Å²) < 4.78 is 5.30. The topological polar surface area (TPSA) is 34.1 Å². The summed E-state index contributed by atoms with van der Waals surface area (Å²) in [6.45, 7) is 4.39. The van der Waals surface area contributed by atoms with Crippen molar-refractivity contribution in [1.82, 2.24) is 10.3 Å². The van der Waals surface area contributed by atoms with E-state index in [1.54, 1.807) is 11.3 Å². The molecule has 4 heteroatoms. The Hall–Kier alpha value is -0.450. The van der Waals surface area contributed by atoms with E-state index in [9.17, 15) is 0 Å². The molecule has 0 saturated heterocycles. The zero-order chi connectivity index (χ0) is 9.80. The summed E-state index contributed by atoms with van der Waals surface area (Å²) in [6, 6.07) is 0.771. The zero-order valence-corrected chi connectivity index (χ0v) is 9.27. The van der Waals surface area contributed by atoms with Gasteiger partial charge in [0.2, 0.25) is 0 Å². The van der Waals surface area contributed by atoms with E-state index in [-0.39, 0.29) is 0 Å². The van der Waals surface area contributed by atoms with Crippen LogP contribution in [0.1, 0.15) is 29.7 Å². The molecular formula is C10H16N2OS. The van der Waals surface area contributed by atoms with E-state index in [1.807, 2.05) is 13.1 Å². The largest absolute Gasteiger partial charge is 0.375 e. The van der Waals surface area contributed by atoms with Gasteiger partial charge >= 0.3 is 0 Å². The van der Waals surface area contributed by atoms with Crippen molar-refractivity contribution >= 4 is 11.3 Å². The molecule has 1 heterocycles. The third-order valence-corrected chi connectivity index (χ3v) is 3.14. The number of nitrogens with zero attached hydrogens (tertiary/aromatic N) is 1. The Morgan fingerprint density at radius 3 is 3.21 bits per heavy atom. The van der Waals surface area contributed by atoms with E-state index in [2.05, 4.69) is 10.3 Å². The smallest absolute Gasteiger partial charge is 0.119 e. The van der Waals surface area contributed by atoms with Crippen molar-refractivity contribution in [2.75, 3.05) is 6.61 Å². The van der Waals surface area contributed by atoms with Gasteiger partial charge in [-0.2, -0.15) is 0 Å². The Kier molecular flexibility index (Phi) is 3.50. The molecule has 78 valence electrons. The summed E-state index contributed by atoms with van der Waals surface area (Å²) in [5.41, 5.74) is 0. The summed E-state index contributed by atoms with van der Waals surface area (Å²) >= 11 is 1.74. The van der Waals surface area contributed by atoms with Crippen LogP contribution in [0.15, 0.2) is 6.20 Å². The predicted octanol–water partition coefficient (Wildman–Crippen LogP) is 1.93. The first-order valence-electron chi connectivity index (χ1n) is 5.13. The van der Waals surface area contributed by atoms with Crippen LogP contribution in [0.3, 0.4) is 0 Å². The van der Waals surface area contributed by atoms with Crippen LogP contribution < -0.4 is 5.32 Å². The van der Waals surface area contributed by atoms with Gasteiger partial charge in [-0.25, -0.2) is 4.98 Å². The second-order valence-electron chi connectivity index (χ2n) is 3.51. The van der Waals surface area contributed by atoms with Gasteiger partial charge in [0.05, 0.1) is 6.61 Å². The highest BCUT2D eigenvalue weighted by atomic mass is 32.1. The number of hydrogen-bond acceptors (Lipinski definition) is 4. The van der Waals surface area contributed by atoms with Crippen LogP contribution in [0.5, 0.6) is 0 Å². The van der Waals surface area contributed by atoms with Gasteiger partial charge in [0, 0.05) is 30.3 Å². The third-order valence-electron chi connectivity index (χ3n) is 2.17. The van der Waals surface area contributed by atoms with Crippen molar-refractivity contribution in [2.24, 2.45) is 0 Å². The maximum absolute atomic E-state index is 5.30. The molecule has 0 unspecified atom stereocenters. The summed E-state index contributed by atoms with van der Waals surface area (Å²) in [6.07, 6.45) is 4.63. The Balaban J connectivity index is 1.76. The second kappa shape index (κ2) is 4.87. The van der Waals surface area contributed by atoms with Crippen LogP contribution in [0.4, 0.5) is 0 Å². The molecular weight excluding hydrogens is 196 g/mol. The minimum Gasteiger partial charge on any atom is -0.375 e. The fourth-order valence-corrected chi connectivity index (χ4v) is 2.03. The molecule has 0 bridgehead atoms. The van der Waals surface area contributed by atoms with Gasteiger partial charge in [0.25, 0.3) is 0 Å². The number of hydrogen-bond donors (Lipinski definition) is 1. The standard InChI is InChI=1S/C10H16N2OS/c1-2-13-7-10-12-6-9(14-10)5-11-8-3-4-8/h6,8,11H,2-5,7H2,1H3. The highest BCUT2D eigenvalue weighted by Gasteiger charge is 2.20.